The minimum absolute atomic E-state index is 0.115. The van der Waals surface area contributed by atoms with E-state index in [0.29, 0.717) is 0 Å². The van der Waals surface area contributed by atoms with Crippen molar-refractivity contribution in [3.63, 3.8) is 0 Å². The number of hydrogen-bond donors (Lipinski definition) is 0. The van der Waals surface area contributed by atoms with Gasteiger partial charge in [-0.3, -0.25) is 0 Å². The normalized spacial score (nSPS) is 17.4. The molecule has 3 unspecified atom stereocenters. The molecule has 2 aliphatic heterocycles. The third kappa shape index (κ3) is 5.33. The summed E-state index contributed by atoms with van der Waals surface area (Å²) in [6.45, 7) is 4.70. The Labute approximate surface area is 375 Å². The Hall–Kier alpha value is -8.01. The minimum atomic E-state index is 0.115. The second-order valence-corrected chi connectivity index (χ2v) is 18.2. The van der Waals surface area contributed by atoms with Crippen molar-refractivity contribution in [2.24, 2.45) is 16.8 Å². The van der Waals surface area contributed by atoms with Crippen molar-refractivity contribution >= 4 is 87.2 Å². The van der Waals surface area contributed by atoms with E-state index < -0.39 is 0 Å². The van der Waals surface area contributed by atoms with E-state index in [2.05, 4.69) is 208 Å². The van der Waals surface area contributed by atoms with Crippen molar-refractivity contribution < 1.29 is 9.15 Å². The number of rotatable bonds is 4. The summed E-state index contributed by atoms with van der Waals surface area (Å²) in [7, 11) is 0. The molecule has 0 amide bonds. The second kappa shape index (κ2) is 13.7. The van der Waals surface area contributed by atoms with Crippen molar-refractivity contribution in [2.75, 3.05) is 0 Å². The number of allylic oxidation sites excluding steroid dienone is 1. The topological polar surface area (TPSA) is 34.7 Å². The lowest BCUT2D eigenvalue weighted by molar-refractivity contribution is 0.364. The van der Waals surface area contributed by atoms with Crippen LogP contribution in [0.25, 0.3) is 104 Å². The fourth-order valence-electron chi connectivity index (χ4n) is 11.5. The van der Waals surface area contributed by atoms with E-state index in [1.165, 1.54) is 92.5 Å². The molecule has 0 aliphatic carbocycles. The molecule has 1 aromatic heterocycles. The summed E-state index contributed by atoms with van der Waals surface area (Å²) in [5.41, 5.74) is 12.1. The zero-order chi connectivity index (χ0) is 42.9. The third-order valence-electron chi connectivity index (χ3n) is 14.8. The first-order valence-corrected chi connectivity index (χ1v) is 22.8. The molecule has 3 nitrogen and oxygen atoms in total. The highest BCUT2D eigenvalue weighted by atomic mass is 16.5. The largest absolute Gasteiger partial charge is 0.458 e. The third-order valence-corrected chi connectivity index (χ3v) is 14.8. The van der Waals surface area contributed by atoms with E-state index in [-0.39, 0.29) is 17.8 Å². The first kappa shape index (κ1) is 36.5. The average molecular weight is 832 g/mol. The molecule has 0 spiro atoms. The van der Waals surface area contributed by atoms with Gasteiger partial charge in [-0.15, -0.1) is 0 Å². The molecule has 0 radical (unpaired) electrons. The molecule has 11 aromatic carbocycles. The van der Waals surface area contributed by atoms with Gasteiger partial charge in [0.1, 0.15) is 28.4 Å². The van der Waals surface area contributed by atoms with Gasteiger partial charge >= 0.3 is 0 Å². The van der Waals surface area contributed by atoms with Gasteiger partial charge in [0.25, 0.3) is 0 Å². The lowest BCUT2D eigenvalue weighted by Crippen LogP contribution is -2.23. The van der Waals surface area contributed by atoms with Crippen LogP contribution in [0.2, 0.25) is 0 Å². The van der Waals surface area contributed by atoms with Crippen molar-refractivity contribution in [3.05, 3.63) is 217 Å². The summed E-state index contributed by atoms with van der Waals surface area (Å²) in [5, 5.41) is 14.9. The lowest BCUT2D eigenvalue weighted by atomic mass is 9.76. The minimum Gasteiger partial charge on any atom is -0.458 e. The zero-order valence-electron chi connectivity index (χ0n) is 36.0. The van der Waals surface area contributed by atoms with Crippen molar-refractivity contribution in [3.8, 4) is 28.0 Å². The van der Waals surface area contributed by atoms with Crippen LogP contribution in [0.3, 0.4) is 0 Å². The number of nitrogens with zero attached hydrogens (tertiary/aromatic N) is 1. The Morgan fingerprint density at radius 3 is 1.52 bits per heavy atom. The predicted octanol–water partition coefficient (Wildman–Crippen LogP) is 16.7. The van der Waals surface area contributed by atoms with Gasteiger partial charge in [0.2, 0.25) is 0 Å². The molecule has 0 bridgehead atoms. The van der Waals surface area contributed by atoms with Crippen LogP contribution < -0.4 is 4.74 Å². The Bertz CT molecular complexity index is 4020. The fraction of sp³-hybridized carbons (Fsp3) is 0.0806. The van der Waals surface area contributed by atoms with Crippen LogP contribution in [-0.4, -0.2) is 5.71 Å². The van der Waals surface area contributed by atoms with Gasteiger partial charge in [0.15, 0.2) is 0 Å². The van der Waals surface area contributed by atoms with Crippen molar-refractivity contribution in [1.82, 2.24) is 0 Å². The maximum atomic E-state index is 6.72. The molecule has 0 saturated heterocycles. The summed E-state index contributed by atoms with van der Waals surface area (Å²) >= 11 is 0. The summed E-state index contributed by atoms with van der Waals surface area (Å²) in [6.07, 6.45) is 0. The highest BCUT2D eigenvalue weighted by Gasteiger charge is 2.42. The Morgan fingerprint density at radius 1 is 0.385 bits per heavy atom. The van der Waals surface area contributed by atoms with Crippen LogP contribution in [0.15, 0.2) is 209 Å². The Morgan fingerprint density at radius 2 is 0.862 bits per heavy atom. The molecule has 2 aliphatic rings. The molecule has 0 saturated carbocycles. The first-order chi connectivity index (χ1) is 32.1. The maximum Gasteiger partial charge on any atom is 0.138 e. The SMILES string of the molecule is CC1C(c2cccc(-c3ccc4c5ccccc5c5ccc(-c6ccc7c(c6)c6cccc8oc9cccc7c9c86)cc5c4c3)c2)=NC(c2ccccc2)=C2Oc3ccccc3C2C1C. The number of aliphatic imine (C=N–C) groups is 1. The maximum absolute atomic E-state index is 6.72. The van der Waals surface area contributed by atoms with Crippen LogP contribution in [0, 0.1) is 11.8 Å². The summed E-state index contributed by atoms with van der Waals surface area (Å²) < 4.78 is 13.1. The number of ether oxygens (including phenoxy) is 1. The Kier molecular flexibility index (Phi) is 7.71. The molecular formula is C62H41NO2. The smallest absolute Gasteiger partial charge is 0.138 e. The summed E-state index contributed by atoms with van der Waals surface area (Å²) in [5.74, 6) is 2.43. The predicted molar refractivity (Wildman–Crippen MR) is 271 cm³/mol. The molecular weight excluding hydrogens is 791 g/mol. The summed E-state index contributed by atoms with van der Waals surface area (Å²) in [6, 6.07) is 70.9. The number of benzene rings is 11. The zero-order valence-corrected chi connectivity index (χ0v) is 36.0. The summed E-state index contributed by atoms with van der Waals surface area (Å²) in [4.78, 5) is 5.59. The van der Waals surface area contributed by atoms with Gasteiger partial charge in [-0.2, -0.15) is 0 Å². The molecule has 12 aromatic rings. The van der Waals surface area contributed by atoms with E-state index in [0.717, 1.165) is 45.2 Å². The Balaban J connectivity index is 0.925. The van der Waals surface area contributed by atoms with Crippen LogP contribution in [-0.2, 0) is 0 Å². The molecule has 0 N–H and O–H groups in total. The number of hydrogen-bond acceptors (Lipinski definition) is 3. The van der Waals surface area contributed by atoms with E-state index in [9.17, 15) is 0 Å². The quantitative estimate of drug-likeness (QED) is 0.166. The van der Waals surface area contributed by atoms with Crippen LogP contribution in [0.1, 0.15) is 36.5 Å². The molecule has 14 rings (SSSR count). The fourth-order valence-corrected chi connectivity index (χ4v) is 11.5. The molecule has 0 fully saturated rings. The van der Waals surface area contributed by atoms with Gasteiger partial charge in [-0.1, -0.05) is 166 Å². The lowest BCUT2D eigenvalue weighted by Gasteiger charge is -2.25. The highest BCUT2D eigenvalue weighted by Crippen LogP contribution is 2.52. The average Bonchev–Trinajstić information content (AvgIpc) is 3.92. The van der Waals surface area contributed by atoms with Gasteiger partial charge in [-0.25, -0.2) is 4.99 Å². The monoisotopic (exact) mass is 831 g/mol. The van der Waals surface area contributed by atoms with E-state index in [1.54, 1.807) is 0 Å². The van der Waals surface area contributed by atoms with Gasteiger partial charge < -0.3 is 9.15 Å². The van der Waals surface area contributed by atoms with Crippen LogP contribution in [0.5, 0.6) is 5.75 Å². The van der Waals surface area contributed by atoms with E-state index >= 15 is 0 Å². The molecule has 3 heteroatoms. The van der Waals surface area contributed by atoms with Crippen molar-refractivity contribution in [1.29, 1.82) is 0 Å². The van der Waals surface area contributed by atoms with Crippen LogP contribution in [0.4, 0.5) is 0 Å². The van der Waals surface area contributed by atoms with Gasteiger partial charge in [0.05, 0.1) is 11.6 Å². The van der Waals surface area contributed by atoms with E-state index in [1.807, 2.05) is 0 Å². The second-order valence-electron chi connectivity index (χ2n) is 18.2. The molecule has 306 valence electrons. The first-order valence-electron chi connectivity index (χ1n) is 22.8. The molecule has 3 heterocycles. The number of para-hydroxylation sites is 1. The highest BCUT2D eigenvalue weighted by molar-refractivity contribution is 6.33. The van der Waals surface area contributed by atoms with E-state index in [4.69, 9.17) is 14.1 Å². The number of furan rings is 1. The van der Waals surface area contributed by atoms with Gasteiger partial charge in [0, 0.05) is 27.8 Å². The number of fused-ring (bicyclic) bond motifs is 12. The molecule has 65 heavy (non-hydrogen) atoms. The molecule has 3 atom stereocenters. The van der Waals surface area contributed by atoms with Crippen LogP contribution >= 0.6 is 0 Å². The van der Waals surface area contributed by atoms with Gasteiger partial charge in [-0.05, 0) is 130 Å². The van der Waals surface area contributed by atoms with Crippen molar-refractivity contribution in [2.45, 2.75) is 19.8 Å². The standard InChI is InChI=1S/C62H41NO2/c1-35-36(2)60(63-61(37-13-4-3-5-14-37)62-57(35)50-19-8-9-22-54(50)65-62)42-16-10-15-38(31-42)39-25-28-45-43-17-6-7-18-44(43)46-29-26-41(34-53(46)52(45)33-39)40-27-30-47-48-20-11-23-55-58(48)59-49(51(47)32-40)21-12-24-56(59)64-55/h3-36,57H,1-2H3.